The number of carboxylic acids is 1. The molecule has 7 heteroatoms. The van der Waals surface area contributed by atoms with Gasteiger partial charge in [0.15, 0.2) is 5.69 Å². The average Bonchev–Trinajstić information content (AvgIpc) is 3.27. The Hall–Kier alpha value is -3.22. The summed E-state index contributed by atoms with van der Waals surface area (Å²) in [5, 5.41) is 17.3. The maximum Gasteiger partial charge on any atom is 0.308 e. The van der Waals surface area contributed by atoms with Crippen LogP contribution < -0.4 is 0 Å². The Balaban J connectivity index is 1.65. The Kier molecular flexibility index (Phi) is 3.68. The zero-order valence-corrected chi connectivity index (χ0v) is 13.3. The van der Waals surface area contributed by atoms with Crippen LogP contribution in [0.1, 0.15) is 22.0 Å². The van der Waals surface area contributed by atoms with Crippen LogP contribution in [-0.2, 0) is 4.79 Å². The standard InChI is InChI=1S/C18H16N4O3/c23-17(16-12-5-1-2-6-15(12)20-21-16)22-9-13(14(10-22)18(24)25)11-4-3-7-19-8-11/h1-8,13-14H,9-10H2,(H,20,21)(H,24,25)/t13-,14+/m0/s1. The molecule has 0 bridgehead atoms. The number of nitrogens with zero attached hydrogens (tertiary/aromatic N) is 3. The van der Waals surface area contributed by atoms with Crippen LogP contribution in [0.3, 0.4) is 0 Å². The van der Waals surface area contributed by atoms with Gasteiger partial charge in [0.2, 0.25) is 0 Å². The van der Waals surface area contributed by atoms with E-state index in [1.165, 1.54) is 0 Å². The Bertz CT molecular complexity index is 938. The fraction of sp³-hybridized carbons (Fsp3) is 0.222. The maximum atomic E-state index is 12.9. The van der Waals surface area contributed by atoms with Gasteiger partial charge in [-0.15, -0.1) is 0 Å². The molecule has 7 nitrogen and oxygen atoms in total. The highest BCUT2D eigenvalue weighted by molar-refractivity contribution is 6.04. The van der Waals surface area contributed by atoms with E-state index in [9.17, 15) is 14.7 Å². The van der Waals surface area contributed by atoms with Crippen LogP contribution in [0, 0.1) is 5.92 Å². The zero-order valence-electron chi connectivity index (χ0n) is 13.3. The summed E-state index contributed by atoms with van der Waals surface area (Å²) in [6.45, 7) is 0.498. The molecule has 1 amide bonds. The summed E-state index contributed by atoms with van der Waals surface area (Å²) in [6.07, 6.45) is 3.31. The number of para-hydroxylation sites is 1. The third-order valence-electron chi connectivity index (χ3n) is 4.71. The Morgan fingerprint density at radius 3 is 2.76 bits per heavy atom. The lowest BCUT2D eigenvalue weighted by Gasteiger charge is -2.15. The molecule has 126 valence electrons. The minimum absolute atomic E-state index is 0.162. The second-order valence-corrected chi connectivity index (χ2v) is 6.17. The molecule has 25 heavy (non-hydrogen) atoms. The second-order valence-electron chi connectivity index (χ2n) is 6.17. The predicted octanol–water partition coefficient (Wildman–Crippen LogP) is 1.90. The Labute approximate surface area is 143 Å². The smallest absolute Gasteiger partial charge is 0.308 e. The van der Waals surface area contributed by atoms with E-state index in [4.69, 9.17) is 0 Å². The average molecular weight is 336 g/mol. The molecule has 1 aliphatic heterocycles. The van der Waals surface area contributed by atoms with Gasteiger partial charge in [-0.25, -0.2) is 0 Å². The van der Waals surface area contributed by atoms with Gasteiger partial charge in [-0.05, 0) is 17.7 Å². The van der Waals surface area contributed by atoms with Crippen molar-refractivity contribution in [3.63, 3.8) is 0 Å². The predicted molar refractivity (Wildman–Crippen MR) is 90.1 cm³/mol. The van der Waals surface area contributed by atoms with Gasteiger partial charge in [0.25, 0.3) is 5.91 Å². The number of aromatic nitrogens is 3. The minimum atomic E-state index is -0.906. The monoisotopic (exact) mass is 336 g/mol. The summed E-state index contributed by atoms with van der Waals surface area (Å²) in [7, 11) is 0. The molecule has 2 atom stereocenters. The first-order valence-electron chi connectivity index (χ1n) is 8.00. The molecule has 0 radical (unpaired) electrons. The van der Waals surface area contributed by atoms with Gasteiger partial charge < -0.3 is 10.0 Å². The van der Waals surface area contributed by atoms with Crippen LogP contribution in [0.5, 0.6) is 0 Å². The number of carbonyl (C=O) groups is 2. The van der Waals surface area contributed by atoms with Crippen molar-refractivity contribution in [3.05, 3.63) is 60.0 Å². The first-order valence-corrected chi connectivity index (χ1v) is 8.00. The van der Waals surface area contributed by atoms with E-state index in [1.54, 1.807) is 23.4 Å². The van der Waals surface area contributed by atoms with E-state index in [0.29, 0.717) is 12.2 Å². The van der Waals surface area contributed by atoms with Gasteiger partial charge in [-0.3, -0.25) is 19.7 Å². The molecule has 0 spiro atoms. The van der Waals surface area contributed by atoms with Gasteiger partial charge in [0, 0.05) is 36.8 Å². The number of H-pyrrole nitrogens is 1. The third-order valence-corrected chi connectivity index (χ3v) is 4.71. The molecule has 1 saturated heterocycles. The van der Waals surface area contributed by atoms with Crippen molar-refractivity contribution in [2.75, 3.05) is 13.1 Å². The number of pyridine rings is 1. The van der Waals surface area contributed by atoms with Gasteiger partial charge >= 0.3 is 5.97 Å². The summed E-state index contributed by atoms with van der Waals surface area (Å²) in [6, 6.07) is 11.0. The number of amides is 1. The molecule has 0 aliphatic carbocycles. The topological polar surface area (TPSA) is 99.2 Å². The summed E-state index contributed by atoms with van der Waals surface area (Å²) in [4.78, 5) is 30.2. The molecule has 3 aromatic rings. The number of aromatic amines is 1. The van der Waals surface area contributed by atoms with E-state index in [0.717, 1.165) is 16.5 Å². The van der Waals surface area contributed by atoms with Crippen LogP contribution in [0.4, 0.5) is 0 Å². The van der Waals surface area contributed by atoms with Gasteiger partial charge in [-0.2, -0.15) is 5.10 Å². The van der Waals surface area contributed by atoms with Crippen molar-refractivity contribution >= 4 is 22.8 Å². The number of carbonyl (C=O) groups excluding carboxylic acids is 1. The van der Waals surface area contributed by atoms with Gasteiger partial charge in [0.05, 0.1) is 11.4 Å². The van der Waals surface area contributed by atoms with E-state index in [-0.39, 0.29) is 18.4 Å². The van der Waals surface area contributed by atoms with Crippen molar-refractivity contribution in [2.45, 2.75) is 5.92 Å². The fourth-order valence-corrected chi connectivity index (χ4v) is 3.43. The number of hydrogen-bond donors (Lipinski definition) is 2. The summed E-state index contributed by atoms with van der Waals surface area (Å²) in [5.74, 6) is -2.09. The fourth-order valence-electron chi connectivity index (χ4n) is 3.43. The number of benzene rings is 1. The molecular weight excluding hydrogens is 320 g/mol. The van der Waals surface area contributed by atoms with Crippen LogP contribution in [-0.4, -0.2) is 50.2 Å². The molecule has 0 saturated carbocycles. The number of fused-ring (bicyclic) bond motifs is 1. The molecule has 4 rings (SSSR count). The van der Waals surface area contributed by atoms with E-state index < -0.39 is 11.9 Å². The highest BCUT2D eigenvalue weighted by Crippen LogP contribution is 2.33. The van der Waals surface area contributed by atoms with Crippen molar-refractivity contribution in [1.29, 1.82) is 0 Å². The largest absolute Gasteiger partial charge is 0.481 e. The highest BCUT2D eigenvalue weighted by atomic mass is 16.4. The SMILES string of the molecule is O=C(O)[C@@H]1CN(C(=O)c2n[nH]c3ccccc23)C[C@H]1c1cccnc1. The maximum absolute atomic E-state index is 12.9. The van der Waals surface area contributed by atoms with Crippen molar-refractivity contribution in [1.82, 2.24) is 20.1 Å². The molecule has 1 aliphatic rings. The number of rotatable bonds is 3. The number of carboxylic acid groups (broad SMARTS) is 1. The lowest BCUT2D eigenvalue weighted by atomic mass is 9.90. The van der Waals surface area contributed by atoms with E-state index in [2.05, 4.69) is 15.2 Å². The number of aliphatic carboxylic acids is 1. The highest BCUT2D eigenvalue weighted by Gasteiger charge is 2.41. The normalized spacial score (nSPS) is 20.1. The van der Waals surface area contributed by atoms with E-state index in [1.807, 2.05) is 30.3 Å². The van der Waals surface area contributed by atoms with Crippen molar-refractivity contribution in [3.8, 4) is 0 Å². The molecular formula is C18H16N4O3. The van der Waals surface area contributed by atoms with Crippen LogP contribution >= 0.6 is 0 Å². The molecule has 1 fully saturated rings. The first kappa shape index (κ1) is 15.3. The molecule has 3 heterocycles. The quantitative estimate of drug-likeness (QED) is 0.761. The Morgan fingerprint density at radius 1 is 1.16 bits per heavy atom. The lowest BCUT2D eigenvalue weighted by molar-refractivity contribution is -0.141. The summed E-state index contributed by atoms with van der Waals surface area (Å²) >= 11 is 0. The minimum Gasteiger partial charge on any atom is -0.481 e. The molecule has 0 unspecified atom stereocenters. The third kappa shape index (κ3) is 2.63. The zero-order chi connectivity index (χ0) is 17.4. The summed E-state index contributed by atoms with van der Waals surface area (Å²) in [5.41, 5.74) is 1.94. The summed E-state index contributed by atoms with van der Waals surface area (Å²) < 4.78 is 0. The van der Waals surface area contributed by atoms with Crippen molar-refractivity contribution in [2.24, 2.45) is 5.92 Å². The Morgan fingerprint density at radius 2 is 2.00 bits per heavy atom. The second kappa shape index (κ2) is 6.01. The van der Waals surface area contributed by atoms with Crippen LogP contribution in [0.15, 0.2) is 48.8 Å². The van der Waals surface area contributed by atoms with Gasteiger partial charge in [-0.1, -0.05) is 24.3 Å². The van der Waals surface area contributed by atoms with Crippen LogP contribution in [0.25, 0.3) is 10.9 Å². The lowest BCUT2D eigenvalue weighted by Crippen LogP contribution is -2.30. The molecule has 2 N–H and O–H groups in total. The molecule has 2 aromatic heterocycles. The van der Waals surface area contributed by atoms with Crippen LogP contribution in [0.2, 0.25) is 0 Å². The van der Waals surface area contributed by atoms with Crippen molar-refractivity contribution < 1.29 is 14.7 Å². The van der Waals surface area contributed by atoms with Gasteiger partial charge in [0.1, 0.15) is 0 Å². The number of hydrogen-bond acceptors (Lipinski definition) is 4. The number of likely N-dealkylation sites (tertiary alicyclic amines) is 1. The first-order chi connectivity index (χ1) is 12.1. The van der Waals surface area contributed by atoms with E-state index >= 15 is 0 Å². The number of nitrogens with one attached hydrogen (secondary N) is 1. The molecule has 1 aromatic carbocycles.